The topological polar surface area (TPSA) is 53.5 Å². The van der Waals surface area contributed by atoms with E-state index in [1.807, 2.05) is 48.5 Å². The predicted molar refractivity (Wildman–Crippen MR) is 124 cm³/mol. The normalized spacial score (nSPS) is 22.2. The highest BCUT2D eigenvalue weighted by Gasteiger charge is 2.41. The van der Waals surface area contributed by atoms with Crippen molar-refractivity contribution < 1.29 is 4.79 Å². The van der Waals surface area contributed by atoms with Gasteiger partial charge >= 0.3 is 0 Å². The van der Waals surface area contributed by atoms with Crippen LogP contribution in [0.25, 0.3) is 0 Å². The lowest BCUT2D eigenvalue weighted by Crippen LogP contribution is -2.54. The van der Waals surface area contributed by atoms with Crippen LogP contribution in [0.1, 0.15) is 80.1 Å². The molecule has 30 heavy (non-hydrogen) atoms. The molecule has 0 unspecified atom stereocenters. The van der Waals surface area contributed by atoms with Gasteiger partial charge in [-0.1, -0.05) is 68.9 Å². The highest BCUT2D eigenvalue weighted by molar-refractivity contribution is 6.13. The van der Waals surface area contributed by atoms with Crippen molar-refractivity contribution in [3.63, 3.8) is 0 Å². The molecular formula is C26H31N3O. The molecule has 2 aliphatic carbocycles. The van der Waals surface area contributed by atoms with Gasteiger partial charge in [-0.15, -0.1) is 0 Å². The smallest absolute Gasteiger partial charge is 0.193 e. The van der Waals surface area contributed by atoms with Crippen LogP contribution >= 0.6 is 0 Å². The summed E-state index contributed by atoms with van der Waals surface area (Å²) in [5.74, 6) is 1.20. The quantitative estimate of drug-likeness (QED) is 0.603. The number of nitrogens with zero attached hydrogens (tertiary/aromatic N) is 1. The summed E-state index contributed by atoms with van der Waals surface area (Å²) < 4.78 is 0. The van der Waals surface area contributed by atoms with Crippen LogP contribution in [0.5, 0.6) is 0 Å². The molecule has 0 aromatic heterocycles. The van der Waals surface area contributed by atoms with Gasteiger partial charge in [0.2, 0.25) is 0 Å². The summed E-state index contributed by atoms with van der Waals surface area (Å²) in [6, 6.07) is 16.0. The molecule has 3 aliphatic rings. The van der Waals surface area contributed by atoms with Gasteiger partial charge in [-0.05, 0) is 43.9 Å². The second-order valence-electron chi connectivity index (χ2n) is 9.12. The van der Waals surface area contributed by atoms with E-state index >= 15 is 0 Å². The molecular weight excluding hydrogens is 370 g/mol. The van der Waals surface area contributed by atoms with E-state index in [4.69, 9.17) is 4.99 Å². The fourth-order valence-corrected chi connectivity index (χ4v) is 5.28. The van der Waals surface area contributed by atoms with E-state index in [0.717, 1.165) is 41.2 Å². The Labute approximate surface area is 179 Å². The highest BCUT2D eigenvalue weighted by Crippen LogP contribution is 2.40. The third kappa shape index (κ3) is 3.76. The molecule has 2 saturated carbocycles. The number of rotatable bonds is 3. The maximum atomic E-state index is 13.0. The zero-order chi connectivity index (χ0) is 20.4. The lowest BCUT2D eigenvalue weighted by Gasteiger charge is -2.44. The molecule has 2 aromatic carbocycles. The summed E-state index contributed by atoms with van der Waals surface area (Å²) in [5, 5.41) is 7.54. The number of carbonyl (C=O) groups excluding carboxylic acids is 1. The fourth-order valence-electron chi connectivity index (χ4n) is 5.28. The van der Waals surface area contributed by atoms with Crippen molar-refractivity contribution in [1.82, 2.24) is 0 Å². The summed E-state index contributed by atoms with van der Waals surface area (Å²) in [6.45, 7) is 0. The Morgan fingerprint density at radius 2 is 1.57 bits per heavy atom. The number of anilines is 2. The molecule has 4 heteroatoms. The molecule has 0 bridgehead atoms. The van der Waals surface area contributed by atoms with E-state index in [1.54, 1.807) is 0 Å². The molecule has 4 nitrogen and oxygen atoms in total. The number of benzene rings is 2. The van der Waals surface area contributed by atoms with Crippen molar-refractivity contribution in [2.45, 2.75) is 75.8 Å². The van der Waals surface area contributed by atoms with E-state index in [9.17, 15) is 4.79 Å². The maximum absolute atomic E-state index is 13.0. The fraction of sp³-hybridized carbons (Fsp3) is 0.462. The number of ketones is 1. The Kier molecular flexibility index (Phi) is 5.32. The Balaban J connectivity index is 1.47. The van der Waals surface area contributed by atoms with E-state index in [2.05, 4.69) is 10.6 Å². The molecule has 0 radical (unpaired) electrons. The molecule has 2 N–H and O–H groups in total. The van der Waals surface area contributed by atoms with Gasteiger partial charge in [-0.3, -0.25) is 9.79 Å². The minimum absolute atomic E-state index is 0.0690. The third-order valence-electron chi connectivity index (χ3n) is 6.99. The zero-order valence-electron chi connectivity index (χ0n) is 17.6. The minimum atomic E-state index is -0.114. The molecule has 1 heterocycles. The van der Waals surface area contributed by atoms with Gasteiger partial charge < -0.3 is 10.6 Å². The van der Waals surface area contributed by atoms with Crippen molar-refractivity contribution in [2.24, 2.45) is 4.99 Å². The van der Waals surface area contributed by atoms with Crippen LogP contribution < -0.4 is 10.6 Å². The molecule has 0 amide bonds. The predicted octanol–water partition coefficient (Wildman–Crippen LogP) is 6.19. The van der Waals surface area contributed by atoms with E-state index in [-0.39, 0.29) is 11.3 Å². The number of carbonyl (C=O) groups is 1. The second-order valence-corrected chi connectivity index (χ2v) is 9.12. The first kappa shape index (κ1) is 19.3. The zero-order valence-corrected chi connectivity index (χ0v) is 17.6. The number of fused-ring (bicyclic) bond motifs is 1. The summed E-state index contributed by atoms with van der Waals surface area (Å²) in [4.78, 5) is 18.2. The van der Waals surface area contributed by atoms with Crippen LogP contribution in [0.4, 0.5) is 11.4 Å². The highest BCUT2D eigenvalue weighted by atomic mass is 16.1. The number of amidine groups is 1. The molecule has 5 rings (SSSR count). The number of hydrogen-bond donors (Lipinski definition) is 2. The molecule has 1 aliphatic heterocycles. The van der Waals surface area contributed by atoms with Gasteiger partial charge in [0.05, 0.1) is 23.0 Å². The second kappa shape index (κ2) is 8.25. The van der Waals surface area contributed by atoms with Gasteiger partial charge in [0.1, 0.15) is 5.84 Å². The number of nitrogens with one attached hydrogen (secondary N) is 2. The summed E-state index contributed by atoms with van der Waals surface area (Å²) in [7, 11) is 0. The van der Waals surface area contributed by atoms with E-state index < -0.39 is 0 Å². The number of hydrogen-bond acceptors (Lipinski definition) is 3. The van der Waals surface area contributed by atoms with Crippen LogP contribution in [-0.4, -0.2) is 23.2 Å². The van der Waals surface area contributed by atoms with Crippen molar-refractivity contribution in [3.8, 4) is 0 Å². The van der Waals surface area contributed by atoms with Crippen LogP contribution in [-0.2, 0) is 0 Å². The minimum Gasteiger partial charge on any atom is -0.371 e. The first-order valence-electron chi connectivity index (χ1n) is 11.6. The summed E-state index contributed by atoms with van der Waals surface area (Å²) >= 11 is 0. The molecule has 0 saturated heterocycles. The lowest BCUT2D eigenvalue weighted by molar-refractivity contribution is 0.103. The largest absolute Gasteiger partial charge is 0.371 e. The van der Waals surface area contributed by atoms with Crippen molar-refractivity contribution in [2.75, 3.05) is 10.6 Å². The van der Waals surface area contributed by atoms with Crippen molar-refractivity contribution in [3.05, 3.63) is 59.7 Å². The summed E-state index contributed by atoms with van der Waals surface area (Å²) in [5.41, 5.74) is 3.41. The SMILES string of the molecule is O=C(c1ccccc1)c1ccc2c(c1)NC1(CCCCC1)C(=NC1CCCCC1)N2. The summed E-state index contributed by atoms with van der Waals surface area (Å²) in [6.07, 6.45) is 12.3. The maximum Gasteiger partial charge on any atom is 0.193 e. The van der Waals surface area contributed by atoms with Crippen molar-refractivity contribution in [1.29, 1.82) is 0 Å². The van der Waals surface area contributed by atoms with Gasteiger partial charge in [-0.2, -0.15) is 0 Å². The Bertz CT molecular complexity index is 938. The van der Waals surface area contributed by atoms with E-state index in [1.165, 1.54) is 51.4 Å². The van der Waals surface area contributed by atoms with Gasteiger partial charge in [0.25, 0.3) is 0 Å². The van der Waals surface area contributed by atoms with Gasteiger partial charge in [-0.25, -0.2) is 0 Å². The Morgan fingerprint density at radius 3 is 2.33 bits per heavy atom. The number of aliphatic imine (C=N–C) groups is 1. The lowest BCUT2D eigenvalue weighted by atomic mass is 9.78. The average Bonchev–Trinajstić information content (AvgIpc) is 2.81. The Morgan fingerprint density at radius 1 is 0.833 bits per heavy atom. The van der Waals surface area contributed by atoms with Crippen LogP contribution in [0.15, 0.2) is 53.5 Å². The van der Waals surface area contributed by atoms with Crippen molar-refractivity contribution >= 4 is 23.0 Å². The molecule has 2 fully saturated rings. The monoisotopic (exact) mass is 401 g/mol. The van der Waals surface area contributed by atoms with Gasteiger partial charge in [0, 0.05) is 11.1 Å². The molecule has 156 valence electrons. The van der Waals surface area contributed by atoms with Gasteiger partial charge in [0.15, 0.2) is 5.78 Å². The average molecular weight is 402 g/mol. The first-order chi connectivity index (χ1) is 14.7. The first-order valence-corrected chi connectivity index (χ1v) is 11.6. The molecule has 2 aromatic rings. The Hall–Kier alpha value is -2.62. The van der Waals surface area contributed by atoms with E-state index in [0.29, 0.717) is 6.04 Å². The van der Waals surface area contributed by atoms with Crippen LogP contribution in [0.3, 0.4) is 0 Å². The third-order valence-corrected chi connectivity index (χ3v) is 6.99. The van der Waals surface area contributed by atoms with Crippen LogP contribution in [0.2, 0.25) is 0 Å². The molecule has 0 atom stereocenters. The van der Waals surface area contributed by atoms with Crippen LogP contribution in [0, 0.1) is 0 Å². The molecule has 1 spiro atoms. The standard InChI is InChI=1S/C26H31N3O/c30-24(19-10-4-1-5-11-19)20-14-15-22-23(18-20)29-26(16-8-3-9-17-26)25(28-22)27-21-12-6-2-7-13-21/h1,4-5,10-11,14-15,18,21,29H,2-3,6-9,12-13,16-17H2,(H,27,28).